The highest BCUT2D eigenvalue weighted by molar-refractivity contribution is 5.90. The molecule has 0 aliphatic carbocycles. The molecule has 29 heavy (non-hydrogen) atoms. The fourth-order valence-corrected chi connectivity index (χ4v) is 2.99. The molecule has 0 saturated heterocycles. The predicted octanol–water partition coefficient (Wildman–Crippen LogP) is 3.06. The summed E-state index contributed by atoms with van der Waals surface area (Å²) in [5.74, 6) is -1.97. The van der Waals surface area contributed by atoms with Crippen LogP contribution in [0.5, 0.6) is 0 Å². The molecule has 0 radical (unpaired) electrons. The molecule has 2 N–H and O–H groups in total. The van der Waals surface area contributed by atoms with Gasteiger partial charge in [0.15, 0.2) is 0 Å². The number of carbonyl (C=O) groups excluding carboxylic acids is 3. The van der Waals surface area contributed by atoms with Gasteiger partial charge in [-0.1, -0.05) is 43.5 Å². The van der Waals surface area contributed by atoms with Crippen LogP contribution >= 0.6 is 0 Å². The third-order valence-corrected chi connectivity index (χ3v) is 4.53. The van der Waals surface area contributed by atoms with E-state index < -0.39 is 35.7 Å². The van der Waals surface area contributed by atoms with Gasteiger partial charge in [-0.3, -0.25) is 9.59 Å². The highest BCUT2D eigenvalue weighted by Gasteiger charge is 2.27. The van der Waals surface area contributed by atoms with Crippen molar-refractivity contribution >= 4 is 17.8 Å². The molecule has 0 aliphatic heterocycles. The van der Waals surface area contributed by atoms with Crippen molar-refractivity contribution in [3.05, 3.63) is 48.3 Å². The zero-order valence-electron chi connectivity index (χ0n) is 17.2. The van der Waals surface area contributed by atoms with E-state index >= 15 is 0 Å². The Morgan fingerprint density at radius 1 is 1.10 bits per heavy atom. The summed E-state index contributed by atoms with van der Waals surface area (Å²) in [7, 11) is 1.26. The van der Waals surface area contributed by atoms with E-state index in [0.717, 1.165) is 32.1 Å². The summed E-state index contributed by atoms with van der Waals surface area (Å²) in [6.07, 6.45) is 6.94. The van der Waals surface area contributed by atoms with Crippen LogP contribution in [0.3, 0.4) is 0 Å². The molecule has 0 heterocycles. The molecule has 0 saturated carbocycles. The van der Waals surface area contributed by atoms with Crippen LogP contribution in [-0.2, 0) is 25.5 Å². The Hall–Kier alpha value is -2.70. The third kappa shape index (κ3) is 9.36. The zero-order chi connectivity index (χ0) is 21.6. The summed E-state index contributed by atoms with van der Waals surface area (Å²) in [5, 5.41) is 5.18. The van der Waals surface area contributed by atoms with Gasteiger partial charge in [-0.25, -0.2) is 9.18 Å². The smallest absolute Gasteiger partial charge is 0.328 e. The van der Waals surface area contributed by atoms with Crippen LogP contribution in [0.4, 0.5) is 4.39 Å². The lowest BCUT2D eigenvalue weighted by molar-refractivity contribution is -0.145. The van der Waals surface area contributed by atoms with Gasteiger partial charge in [0.2, 0.25) is 11.8 Å². The highest BCUT2D eigenvalue weighted by Crippen LogP contribution is 2.12. The number of methoxy groups -OCH3 is 1. The lowest BCUT2D eigenvalue weighted by Gasteiger charge is -2.22. The van der Waals surface area contributed by atoms with Crippen molar-refractivity contribution in [2.45, 2.75) is 64.0 Å². The number of benzene rings is 1. The lowest BCUT2D eigenvalue weighted by Crippen LogP contribution is -2.52. The second kappa shape index (κ2) is 13.5. The van der Waals surface area contributed by atoms with Crippen molar-refractivity contribution in [3.8, 4) is 0 Å². The first kappa shape index (κ1) is 24.3. The normalized spacial score (nSPS) is 12.5. The molecule has 2 atom stereocenters. The number of amides is 2. The maximum Gasteiger partial charge on any atom is 0.328 e. The van der Waals surface area contributed by atoms with E-state index in [4.69, 9.17) is 4.74 Å². The molecule has 2 amide bonds. The van der Waals surface area contributed by atoms with Crippen molar-refractivity contribution in [2.24, 2.45) is 0 Å². The second-order valence-corrected chi connectivity index (χ2v) is 6.91. The number of hydrogen-bond donors (Lipinski definition) is 2. The Morgan fingerprint density at radius 3 is 2.41 bits per heavy atom. The van der Waals surface area contributed by atoms with Gasteiger partial charge in [0.1, 0.15) is 17.9 Å². The third-order valence-electron chi connectivity index (χ3n) is 4.53. The summed E-state index contributed by atoms with van der Waals surface area (Å²) in [4.78, 5) is 36.3. The Kier molecular flexibility index (Phi) is 11.3. The van der Waals surface area contributed by atoms with Crippen molar-refractivity contribution < 1.29 is 23.5 Å². The van der Waals surface area contributed by atoms with Crippen LogP contribution in [-0.4, -0.2) is 37.0 Å². The summed E-state index contributed by atoms with van der Waals surface area (Å²) in [5.41, 5.74) is 0.304. The van der Waals surface area contributed by atoms with Crippen molar-refractivity contribution in [1.82, 2.24) is 10.6 Å². The van der Waals surface area contributed by atoms with Crippen LogP contribution in [0, 0.1) is 5.82 Å². The maximum absolute atomic E-state index is 14.0. The topological polar surface area (TPSA) is 84.5 Å². The fraction of sp³-hybridized carbons (Fsp3) is 0.500. The molecule has 1 aromatic carbocycles. The number of carbonyl (C=O) groups is 3. The first-order valence-corrected chi connectivity index (χ1v) is 9.88. The van der Waals surface area contributed by atoms with E-state index in [-0.39, 0.29) is 6.42 Å². The van der Waals surface area contributed by atoms with Crippen LogP contribution in [0.15, 0.2) is 36.9 Å². The van der Waals surface area contributed by atoms with Gasteiger partial charge < -0.3 is 15.4 Å². The van der Waals surface area contributed by atoms with Gasteiger partial charge in [0.05, 0.1) is 7.11 Å². The Balaban J connectivity index is 2.75. The van der Waals surface area contributed by atoms with Crippen LogP contribution < -0.4 is 10.6 Å². The molecule has 0 spiro atoms. The first-order valence-electron chi connectivity index (χ1n) is 9.88. The molecule has 6 nitrogen and oxygen atoms in total. The summed E-state index contributed by atoms with van der Waals surface area (Å²) < 4.78 is 18.8. The van der Waals surface area contributed by atoms with E-state index in [2.05, 4.69) is 17.2 Å². The number of hydrogen-bond acceptors (Lipinski definition) is 4. The standard InChI is InChI=1S/C22H31FN2O4/c1-4-5-6-7-8-9-14-19(22(28)29-3)25-21(27)20(24-16(2)26)15-17-12-10-11-13-18(17)23/h4,10-13,19-20H,1,5-9,14-15H2,2-3H3,(H,24,26)(H,25,27)/t19-,20+/m0/s1. The Labute approximate surface area is 171 Å². The summed E-state index contributed by atoms with van der Waals surface area (Å²) in [6, 6.07) is 4.24. The Morgan fingerprint density at radius 2 is 1.79 bits per heavy atom. The second-order valence-electron chi connectivity index (χ2n) is 6.91. The highest BCUT2D eigenvalue weighted by atomic mass is 19.1. The number of rotatable bonds is 13. The SMILES string of the molecule is C=CCCCCCC[C@H](NC(=O)[C@@H](Cc1ccccc1F)NC(C)=O)C(=O)OC. The average Bonchev–Trinajstić information content (AvgIpc) is 2.69. The predicted molar refractivity (Wildman–Crippen MR) is 110 cm³/mol. The zero-order valence-corrected chi connectivity index (χ0v) is 17.2. The van der Waals surface area contributed by atoms with Crippen molar-refractivity contribution in [1.29, 1.82) is 0 Å². The molecule has 0 unspecified atom stereocenters. The van der Waals surface area contributed by atoms with Crippen LogP contribution in [0.1, 0.15) is 51.0 Å². The van der Waals surface area contributed by atoms with Crippen LogP contribution in [0.2, 0.25) is 0 Å². The molecular weight excluding hydrogens is 375 g/mol. The molecule has 1 rings (SSSR count). The first-order chi connectivity index (χ1) is 13.9. The molecule has 1 aromatic rings. The van der Waals surface area contributed by atoms with Crippen LogP contribution in [0.25, 0.3) is 0 Å². The van der Waals surface area contributed by atoms with E-state index in [0.29, 0.717) is 12.0 Å². The summed E-state index contributed by atoms with van der Waals surface area (Å²) >= 11 is 0. The van der Waals surface area contributed by atoms with Gasteiger partial charge in [-0.2, -0.15) is 0 Å². The van der Waals surface area contributed by atoms with Gasteiger partial charge in [0.25, 0.3) is 0 Å². The number of halogens is 1. The van der Waals surface area contributed by atoms with Crippen molar-refractivity contribution in [3.63, 3.8) is 0 Å². The molecule has 0 bridgehead atoms. The molecule has 0 aromatic heterocycles. The molecule has 0 fully saturated rings. The minimum Gasteiger partial charge on any atom is -0.467 e. The van der Waals surface area contributed by atoms with Gasteiger partial charge in [-0.15, -0.1) is 6.58 Å². The van der Waals surface area contributed by atoms with E-state index in [1.54, 1.807) is 18.2 Å². The maximum atomic E-state index is 14.0. The molecular formula is C22H31FN2O4. The molecule has 0 aliphatic rings. The number of nitrogens with one attached hydrogen (secondary N) is 2. The number of esters is 1. The number of ether oxygens (including phenoxy) is 1. The largest absolute Gasteiger partial charge is 0.467 e. The minimum atomic E-state index is -0.996. The quantitative estimate of drug-likeness (QED) is 0.300. The molecule has 160 valence electrons. The monoisotopic (exact) mass is 406 g/mol. The van der Waals surface area contributed by atoms with E-state index in [1.807, 2.05) is 6.08 Å². The molecule has 7 heteroatoms. The van der Waals surface area contributed by atoms with Gasteiger partial charge in [-0.05, 0) is 30.9 Å². The van der Waals surface area contributed by atoms with Gasteiger partial charge >= 0.3 is 5.97 Å². The number of allylic oxidation sites excluding steroid dienone is 1. The van der Waals surface area contributed by atoms with Gasteiger partial charge in [0, 0.05) is 13.3 Å². The fourth-order valence-electron chi connectivity index (χ4n) is 2.99. The van der Waals surface area contributed by atoms with Crippen molar-refractivity contribution in [2.75, 3.05) is 7.11 Å². The minimum absolute atomic E-state index is 0.0203. The van der Waals surface area contributed by atoms with E-state index in [1.165, 1.54) is 20.1 Å². The Bertz CT molecular complexity index is 693. The van der Waals surface area contributed by atoms with E-state index in [9.17, 15) is 18.8 Å². The summed E-state index contributed by atoms with van der Waals surface area (Å²) in [6.45, 7) is 4.96. The number of unbranched alkanes of at least 4 members (excludes halogenated alkanes) is 4. The lowest BCUT2D eigenvalue weighted by atomic mass is 10.0. The average molecular weight is 406 g/mol.